The lowest BCUT2D eigenvalue weighted by molar-refractivity contribution is 0.163. The number of hydrogen-bond donors (Lipinski definition) is 2. The van der Waals surface area contributed by atoms with Gasteiger partial charge in [-0.15, -0.1) is 0 Å². The molecule has 1 rings (SSSR count). The molecule has 1 atom stereocenters. The number of carbonyl (C=O) groups excluding carboxylic acids is 1. The second-order valence-electron chi connectivity index (χ2n) is 3.85. The highest BCUT2D eigenvalue weighted by molar-refractivity contribution is 7.07. The molecule has 4 nitrogen and oxygen atoms in total. The molecular weight excluding hydrogens is 224 g/mol. The molecular formula is C11H18N2O2S. The molecule has 0 aromatic carbocycles. The van der Waals surface area contributed by atoms with Crippen molar-refractivity contribution in [1.82, 2.24) is 10.2 Å². The Morgan fingerprint density at radius 1 is 1.69 bits per heavy atom. The molecule has 0 fully saturated rings. The molecule has 1 aromatic heterocycles. The van der Waals surface area contributed by atoms with Gasteiger partial charge in [0.2, 0.25) is 0 Å². The largest absolute Gasteiger partial charge is 0.393 e. The number of hydrogen-bond acceptors (Lipinski definition) is 3. The van der Waals surface area contributed by atoms with E-state index in [0.717, 1.165) is 5.56 Å². The van der Waals surface area contributed by atoms with Crippen LogP contribution in [0.25, 0.3) is 0 Å². The molecule has 90 valence electrons. The van der Waals surface area contributed by atoms with Crippen molar-refractivity contribution < 1.29 is 9.90 Å². The smallest absolute Gasteiger partial charge is 0.317 e. The summed E-state index contributed by atoms with van der Waals surface area (Å²) in [4.78, 5) is 13.2. The molecule has 2 amide bonds. The van der Waals surface area contributed by atoms with Crippen LogP contribution >= 0.6 is 11.3 Å². The zero-order valence-electron chi connectivity index (χ0n) is 9.64. The van der Waals surface area contributed by atoms with E-state index in [-0.39, 0.29) is 12.1 Å². The van der Waals surface area contributed by atoms with Gasteiger partial charge in [0, 0.05) is 20.1 Å². The van der Waals surface area contributed by atoms with Gasteiger partial charge in [-0.05, 0) is 35.7 Å². The van der Waals surface area contributed by atoms with Gasteiger partial charge in [-0.25, -0.2) is 4.79 Å². The SMILES string of the molecule is CC(O)CCN(C)C(=O)NCc1ccsc1. The Kier molecular flexibility index (Phi) is 5.28. The van der Waals surface area contributed by atoms with Gasteiger partial charge in [-0.2, -0.15) is 11.3 Å². The van der Waals surface area contributed by atoms with Gasteiger partial charge in [0.05, 0.1) is 6.10 Å². The zero-order valence-corrected chi connectivity index (χ0v) is 10.5. The lowest BCUT2D eigenvalue weighted by atomic mass is 10.3. The number of nitrogens with zero attached hydrogens (tertiary/aromatic N) is 1. The minimum atomic E-state index is -0.368. The fourth-order valence-corrected chi connectivity index (χ4v) is 1.86. The molecule has 0 aliphatic carbocycles. The summed E-state index contributed by atoms with van der Waals surface area (Å²) in [5, 5.41) is 15.9. The molecule has 1 aromatic rings. The van der Waals surface area contributed by atoms with Crippen LogP contribution in [0.5, 0.6) is 0 Å². The molecule has 0 bridgehead atoms. The van der Waals surface area contributed by atoms with Crippen LogP contribution < -0.4 is 5.32 Å². The summed E-state index contributed by atoms with van der Waals surface area (Å²) in [6, 6.07) is 1.88. The predicted octanol–water partition coefficient (Wildman–Crippen LogP) is 1.66. The minimum absolute atomic E-state index is 0.105. The van der Waals surface area contributed by atoms with Crippen LogP contribution in [-0.2, 0) is 6.54 Å². The molecule has 0 aliphatic rings. The highest BCUT2D eigenvalue weighted by atomic mass is 32.1. The van der Waals surface area contributed by atoms with Gasteiger partial charge in [0.15, 0.2) is 0 Å². The molecule has 0 radical (unpaired) electrons. The van der Waals surface area contributed by atoms with Gasteiger partial charge in [0.1, 0.15) is 0 Å². The first-order valence-corrected chi connectivity index (χ1v) is 6.22. The molecule has 0 saturated heterocycles. The summed E-state index contributed by atoms with van der Waals surface area (Å²) in [7, 11) is 1.73. The number of nitrogens with one attached hydrogen (secondary N) is 1. The first-order valence-electron chi connectivity index (χ1n) is 5.27. The summed E-state index contributed by atoms with van der Waals surface area (Å²) >= 11 is 1.62. The molecule has 5 heteroatoms. The first-order chi connectivity index (χ1) is 7.59. The summed E-state index contributed by atoms with van der Waals surface area (Å²) in [5.74, 6) is 0. The molecule has 16 heavy (non-hydrogen) atoms. The normalized spacial score (nSPS) is 12.2. The Morgan fingerprint density at radius 3 is 3.00 bits per heavy atom. The van der Waals surface area contributed by atoms with Crippen LogP contribution in [0.4, 0.5) is 4.79 Å². The van der Waals surface area contributed by atoms with Crippen molar-refractivity contribution in [2.24, 2.45) is 0 Å². The van der Waals surface area contributed by atoms with Crippen LogP contribution in [-0.4, -0.2) is 35.7 Å². The third kappa shape index (κ3) is 4.63. The van der Waals surface area contributed by atoms with Gasteiger partial charge < -0.3 is 15.3 Å². The number of rotatable bonds is 5. The van der Waals surface area contributed by atoms with Crippen molar-refractivity contribution in [3.8, 4) is 0 Å². The second-order valence-corrected chi connectivity index (χ2v) is 4.63. The minimum Gasteiger partial charge on any atom is -0.393 e. The highest BCUT2D eigenvalue weighted by Gasteiger charge is 2.08. The van der Waals surface area contributed by atoms with Crippen molar-refractivity contribution in [3.63, 3.8) is 0 Å². The first kappa shape index (κ1) is 13.0. The third-order valence-corrected chi connectivity index (χ3v) is 2.98. The maximum absolute atomic E-state index is 11.6. The highest BCUT2D eigenvalue weighted by Crippen LogP contribution is 2.05. The van der Waals surface area contributed by atoms with Crippen LogP contribution in [0.15, 0.2) is 16.8 Å². The van der Waals surface area contributed by atoms with Crippen molar-refractivity contribution >= 4 is 17.4 Å². The van der Waals surface area contributed by atoms with E-state index in [1.54, 1.807) is 30.2 Å². The number of thiophene rings is 1. The number of aliphatic hydroxyl groups is 1. The molecule has 0 spiro atoms. The molecule has 0 aliphatic heterocycles. The number of urea groups is 1. The van der Waals surface area contributed by atoms with Crippen molar-refractivity contribution in [3.05, 3.63) is 22.4 Å². The van der Waals surface area contributed by atoms with E-state index in [0.29, 0.717) is 19.5 Å². The Morgan fingerprint density at radius 2 is 2.44 bits per heavy atom. The molecule has 2 N–H and O–H groups in total. The fourth-order valence-electron chi connectivity index (χ4n) is 1.19. The van der Waals surface area contributed by atoms with Crippen LogP contribution in [0.1, 0.15) is 18.9 Å². The second kappa shape index (κ2) is 6.50. The topological polar surface area (TPSA) is 52.6 Å². The van der Waals surface area contributed by atoms with Crippen molar-refractivity contribution in [1.29, 1.82) is 0 Å². The Hall–Kier alpha value is -1.07. The number of aliphatic hydroxyl groups excluding tert-OH is 1. The Labute approximate surface area is 99.9 Å². The van der Waals surface area contributed by atoms with Gasteiger partial charge in [0.25, 0.3) is 0 Å². The summed E-state index contributed by atoms with van der Waals surface area (Å²) in [5.41, 5.74) is 1.11. The lowest BCUT2D eigenvalue weighted by Gasteiger charge is -2.18. The summed E-state index contributed by atoms with van der Waals surface area (Å²) < 4.78 is 0. The van der Waals surface area contributed by atoms with Crippen molar-refractivity contribution in [2.75, 3.05) is 13.6 Å². The van der Waals surface area contributed by atoms with Gasteiger partial charge >= 0.3 is 6.03 Å². The molecule has 0 saturated carbocycles. The van der Waals surface area contributed by atoms with Crippen LogP contribution in [0.2, 0.25) is 0 Å². The zero-order chi connectivity index (χ0) is 12.0. The van der Waals surface area contributed by atoms with Gasteiger partial charge in [-0.3, -0.25) is 0 Å². The monoisotopic (exact) mass is 242 g/mol. The van der Waals surface area contributed by atoms with Crippen LogP contribution in [0, 0.1) is 0 Å². The lowest BCUT2D eigenvalue weighted by Crippen LogP contribution is -2.38. The quantitative estimate of drug-likeness (QED) is 0.825. The Balaban J connectivity index is 2.23. The van der Waals surface area contributed by atoms with E-state index in [1.807, 2.05) is 16.8 Å². The average molecular weight is 242 g/mol. The Bertz CT molecular complexity index is 312. The third-order valence-electron chi connectivity index (χ3n) is 2.25. The molecule has 1 heterocycles. The molecule has 1 unspecified atom stereocenters. The summed E-state index contributed by atoms with van der Waals surface area (Å²) in [6.45, 7) is 2.84. The van der Waals surface area contributed by atoms with E-state index in [2.05, 4.69) is 5.32 Å². The predicted molar refractivity (Wildman–Crippen MR) is 65.5 cm³/mol. The van der Waals surface area contributed by atoms with Crippen LogP contribution in [0.3, 0.4) is 0 Å². The van der Waals surface area contributed by atoms with E-state index in [9.17, 15) is 4.79 Å². The number of amides is 2. The maximum Gasteiger partial charge on any atom is 0.317 e. The van der Waals surface area contributed by atoms with E-state index >= 15 is 0 Å². The standard InChI is InChI=1S/C11H18N2O2S/c1-9(14)3-5-13(2)11(15)12-7-10-4-6-16-8-10/h4,6,8-9,14H,3,5,7H2,1-2H3,(H,12,15). The van der Waals surface area contributed by atoms with E-state index < -0.39 is 0 Å². The van der Waals surface area contributed by atoms with Gasteiger partial charge in [-0.1, -0.05) is 0 Å². The van der Waals surface area contributed by atoms with E-state index in [4.69, 9.17) is 5.11 Å². The summed E-state index contributed by atoms with van der Waals surface area (Å²) in [6.07, 6.45) is 0.231. The maximum atomic E-state index is 11.6. The number of carbonyl (C=O) groups is 1. The average Bonchev–Trinajstić information content (AvgIpc) is 2.75. The van der Waals surface area contributed by atoms with E-state index in [1.165, 1.54) is 0 Å². The van der Waals surface area contributed by atoms with Crippen molar-refractivity contribution in [2.45, 2.75) is 26.0 Å². The fraction of sp³-hybridized carbons (Fsp3) is 0.545.